The second kappa shape index (κ2) is 6.80. The molecule has 2 fully saturated rings. The van der Waals surface area contributed by atoms with Crippen molar-refractivity contribution in [2.24, 2.45) is 0 Å². The first kappa shape index (κ1) is 16.1. The smallest absolute Gasteiger partial charge is 0.272 e. The number of nitrogen functional groups attached to an aromatic ring is 1. The molecule has 7 nitrogen and oxygen atoms in total. The van der Waals surface area contributed by atoms with Crippen LogP contribution in [0.3, 0.4) is 0 Å². The molecule has 7 heteroatoms. The number of ether oxygens (including phenoxy) is 1. The Morgan fingerprint density at radius 2 is 2.22 bits per heavy atom. The molecule has 1 amide bonds. The molecule has 126 valence electrons. The number of aromatic nitrogens is 2. The van der Waals surface area contributed by atoms with Gasteiger partial charge in [-0.2, -0.15) is 0 Å². The Labute approximate surface area is 136 Å². The highest BCUT2D eigenvalue weighted by molar-refractivity contribution is 5.92. The van der Waals surface area contributed by atoms with E-state index in [-0.39, 0.29) is 17.9 Å². The molecule has 1 aromatic heterocycles. The molecule has 2 aliphatic heterocycles. The van der Waals surface area contributed by atoms with Crippen molar-refractivity contribution in [3.05, 3.63) is 17.5 Å². The van der Waals surface area contributed by atoms with Crippen molar-refractivity contribution in [1.82, 2.24) is 19.8 Å². The van der Waals surface area contributed by atoms with Crippen molar-refractivity contribution in [2.45, 2.75) is 38.8 Å². The van der Waals surface area contributed by atoms with Crippen LogP contribution in [-0.4, -0.2) is 70.6 Å². The summed E-state index contributed by atoms with van der Waals surface area (Å²) in [5.74, 6) is 0.0791. The maximum Gasteiger partial charge on any atom is 0.272 e. The number of hydrogen-bond donors (Lipinski definition) is 1. The highest BCUT2D eigenvalue weighted by Gasteiger charge is 2.36. The Balaban J connectivity index is 1.70. The molecule has 0 aliphatic carbocycles. The molecule has 0 aromatic carbocycles. The summed E-state index contributed by atoms with van der Waals surface area (Å²) < 4.78 is 5.75. The van der Waals surface area contributed by atoms with Crippen LogP contribution in [0.2, 0.25) is 0 Å². The maximum absolute atomic E-state index is 12.7. The van der Waals surface area contributed by atoms with E-state index < -0.39 is 0 Å². The number of fused-ring (bicyclic) bond motifs is 1. The Kier molecular flexibility index (Phi) is 4.77. The molecule has 0 radical (unpaired) electrons. The van der Waals surface area contributed by atoms with Crippen LogP contribution in [0.5, 0.6) is 0 Å². The van der Waals surface area contributed by atoms with Crippen LogP contribution in [0.4, 0.5) is 5.95 Å². The van der Waals surface area contributed by atoms with Crippen molar-refractivity contribution in [1.29, 1.82) is 0 Å². The summed E-state index contributed by atoms with van der Waals surface area (Å²) in [6.45, 7) is 7.81. The van der Waals surface area contributed by atoms with Crippen LogP contribution < -0.4 is 5.73 Å². The van der Waals surface area contributed by atoms with Crippen LogP contribution in [0.25, 0.3) is 0 Å². The van der Waals surface area contributed by atoms with Gasteiger partial charge >= 0.3 is 0 Å². The van der Waals surface area contributed by atoms with E-state index in [1.165, 1.54) is 0 Å². The number of nitrogens with two attached hydrogens (primary N) is 1. The summed E-state index contributed by atoms with van der Waals surface area (Å²) in [7, 11) is 0. The van der Waals surface area contributed by atoms with Crippen molar-refractivity contribution < 1.29 is 9.53 Å². The normalized spacial score (nSPS) is 25.2. The van der Waals surface area contributed by atoms with Gasteiger partial charge in [0.1, 0.15) is 5.69 Å². The molecule has 2 saturated heterocycles. The molecule has 3 rings (SSSR count). The number of hydrogen-bond acceptors (Lipinski definition) is 6. The van der Waals surface area contributed by atoms with E-state index in [0.717, 1.165) is 32.5 Å². The molecule has 1 aromatic rings. The fourth-order valence-corrected chi connectivity index (χ4v) is 3.56. The van der Waals surface area contributed by atoms with Crippen LogP contribution >= 0.6 is 0 Å². The number of aryl methyl sites for hydroxylation is 1. The van der Waals surface area contributed by atoms with Crippen molar-refractivity contribution in [3.8, 4) is 0 Å². The molecular formula is C16H25N5O2. The number of rotatable bonds is 3. The number of piperazine rings is 1. The predicted molar refractivity (Wildman–Crippen MR) is 87.1 cm³/mol. The van der Waals surface area contributed by atoms with Crippen molar-refractivity contribution >= 4 is 11.9 Å². The molecule has 23 heavy (non-hydrogen) atoms. The van der Waals surface area contributed by atoms with Gasteiger partial charge in [-0.1, -0.05) is 13.3 Å². The highest BCUT2D eigenvalue weighted by atomic mass is 16.5. The Morgan fingerprint density at radius 3 is 2.96 bits per heavy atom. The van der Waals surface area contributed by atoms with E-state index in [1.807, 2.05) is 11.8 Å². The number of carbonyl (C=O) groups excluding carboxylic acids is 1. The van der Waals surface area contributed by atoms with Gasteiger partial charge in [0, 0.05) is 31.4 Å². The van der Waals surface area contributed by atoms with E-state index in [0.29, 0.717) is 30.6 Å². The van der Waals surface area contributed by atoms with Crippen molar-refractivity contribution in [2.75, 3.05) is 38.6 Å². The molecule has 2 aliphatic rings. The summed E-state index contributed by atoms with van der Waals surface area (Å²) in [6, 6.07) is 2.45. The van der Waals surface area contributed by atoms with Gasteiger partial charge in [-0.15, -0.1) is 0 Å². The Morgan fingerprint density at radius 1 is 1.39 bits per heavy atom. The minimum absolute atomic E-state index is 0.0699. The maximum atomic E-state index is 12.7. The van der Waals surface area contributed by atoms with Gasteiger partial charge in [0.25, 0.3) is 5.91 Å². The first-order valence-electron chi connectivity index (χ1n) is 8.32. The number of carbonyl (C=O) groups is 1. The van der Waals surface area contributed by atoms with Crippen LogP contribution in [0, 0.1) is 6.92 Å². The fourth-order valence-electron chi connectivity index (χ4n) is 3.56. The first-order chi connectivity index (χ1) is 11.1. The van der Waals surface area contributed by atoms with Gasteiger partial charge < -0.3 is 15.4 Å². The number of nitrogens with zero attached hydrogens (tertiary/aromatic N) is 4. The third-order valence-electron chi connectivity index (χ3n) is 4.62. The zero-order valence-electron chi connectivity index (χ0n) is 13.9. The second-order valence-corrected chi connectivity index (χ2v) is 6.38. The topological polar surface area (TPSA) is 84.6 Å². The fraction of sp³-hybridized carbons (Fsp3) is 0.688. The monoisotopic (exact) mass is 319 g/mol. The molecule has 0 spiro atoms. The van der Waals surface area contributed by atoms with Crippen molar-refractivity contribution in [3.63, 3.8) is 0 Å². The largest absolute Gasteiger partial charge is 0.378 e. The SMILES string of the molecule is CCC[C@H]1COC[C@H]2CN(C(=O)c3cc(C)nc(N)n3)CCN12. The first-order valence-corrected chi connectivity index (χ1v) is 8.32. The summed E-state index contributed by atoms with van der Waals surface area (Å²) in [4.78, 5) is 25.2. The Bertz CT molecular complexity index is 557. The van der Waals surface area contributed by atoms with E-state index in [9.17, 15) is 4.79 Å². The van der Waals surface area contributed by atoms with E-state index in [4.69, 9.17) is 10.5 Å². The van der Waals surface area contributed by atoms with Crippen LogP contribution in [0.1, 0.15) is 35.9 Å². The van der Waals surface area contributed by atoms with E-state index in [2.05, 4.69) is 21.8 Å². The molecular weight excluding hydrogens is 294 g/mol. The highest BCUT2D eigenvalue weighted by Crippen LogP contribution is 2.22. The second-order valence-electron chi connectivity index (χ2n) is 6.38. The van der Waals surface area contributed by atoms with Gasteiger partial charge in [0.2, 0.25) is 5.95 Å². The van der Waals surface area contributed by atoms with E-state index in [1.54, 1.807) is 6.07 Å². The van der Waals surface area contributed by atoms with Gasteiger partial charge in [-0.05, 0) is 19.4 Å². The minimum Gasteiger partial charge on any atom is -0.378 e. The average Bonchev–Trinajstić information content (AvgIpc) is 2.53. The van der Waals surface area contributed by atoms with Gasteiger partial charge in [-0.25, -0.2) is 9.97 Å². The molecule has 0 unspecified atom stereocenters. The molecule has 3 heterocycles. The quantitative estimate of drug-likeness (QED) is 0.882. The predicted octanol–water partition coefficient (Wildman–Crippen LogP) is 0.693. The summed E-state index contributed by atoms with van der Waals surface area (Å²) in [6.07, 6.45) is 2.30. The van der Waals surface area contributed by atoms with Crippen LogP contribution in [0.15, 0.2) is 6.07 Å². The number of amides is 1. The summed E-state index contributed by atoms with van der Waals surface area (Å²) in [5.41, 5.74) is 6.75. The minimum atomic E-state index is -0.0699. The average molecular weight is 319 g/mol. The van der Waals surface area contributed by atoms with Gasteiger partial charge in [-0.3, -0.25) is 9.69 Å². The van der Waals surface area contributed by atoms with E-state index >= 15 is 0 Å². The lowest BCUT2D eigenvalue weighted by molar-refractivity contribution is -0.0776. The summed E-state index contributed by atoms with van der Waals surface area (Å²) >= 11 is 0. The van der Waals surface area contributed by atoms with Gasteiger partial charge in [0.05, 0.1) is 19.3 Å². The molecule has 2 atom stereocenters. The lowest BCUT2D eigenvalue weighted by Gasteiger charge is -2.48. The third-order valence-corrected chi connectivity index (χ3v) is 4.62. The lowest BCUT2D eigenvalue weighted by atomic mass is 10.0. The number of anilines is 1. The molecule has 0 bridgehead atoms. The standard InChI is InChI=1S/C16H25N5O2/c1-3-4-12-9-23-10-13-8-20(5-6-21(12)13)15(22)14-7-11(2)18-16(17)19-14/h7,12-13H,3-6,8-10H2,1-2H3,(H2,17,18,19)/t12-,13+/m0/s1. The number of morpholine rings is 1. The Hall–Kier alpha value is -1.73. The molecule has 2 N–H and O–H groups in total. The molecule has 0 saturated carbocycles. The van der Waals surface area contributed by atoms with Gasteiger partial charge in [0.15, 0.2) is 0 Å². The lowest BCUT2D eigenvalue weighted by Crippen LogP contribution is -2.62. The third kappa shape index (κ3) is 3.45. The zero-order chi connectivity index (χ0) is 16.4. The zero-order valence-corrected chi connectivity index (χ0v) is 13.9. The van der Waals surface area contributed by atoms with Crippen LogP contribution in [-0.2, 0) is 4.74 Å². The summed E-state index contributed by atoms with van der Waals surface area (Å²) in [5, 5.41) is 0.